The molecule has 37 heavy (non-hydrogen) atoms. The van der Waals surface area contributed by atoms with Crippen LogP contribution < -0.4 is 14.8 Å². The average Bonchev–Trinajstić information content (AvgIpc) is 3.38. The molecule has 4 aliphatic rings. The van der Waals surface area contributed by atoms with Crippen LogP contribution in [0.4, 0.5) is 0 Å². The maximum atomic E-state index is 13.9. The Morgan fingerprint density at radius 2 is 1.95 bits per heavy atom. The number of rotatable bonds is 8. The summed E-state index contributed by atoms with van der Waals surface area (Å²) in [5, 5.41) is 3.08. The first-order valence-electron chi connectivity index (χ1n) is 13.8. The maximum Gasteiger partial charge on any atom is 0.318 e. The first-order valence-corrected chi connectivity index (χ1v) is 13.8. The van der Waals surface area contributed by atoms with Gasteiger partial charge in [-0.3, -0.25) is 14.4 Å². The van der Waals surface area contributed by atoms with Crippen molar-refractivity contribution in [3.8, 4) is 11.5 Å². The highest BCUT2D eigenvalue weighted by molar-refractivity contribution is 5.92. The third-order valence-electron chi connectivity index (χ3n) is 8.32. The molecule has 1 N–H and O–H groups in total. The molecule has 0 radical (unpaired) electrons. The molecule has 0 bridgehead atoms. The van der Waals surface area contributed by atoms with Crippen molar-refractivity contribution < 1.29 is 28.6 Å². The fourth-order valence-electron chi connectivity index (χ4n) is 6.44. The minimum Gasteiger partial charge on any atom is -0.465 e. The van der Waals surface area contributed by atoms with Crippen molar-refractivity contribution in [3.63, 3.8) is 0 Å². The van der Waals surface area contributed by atoms with Gasteiger partial charge in [0.2, 0.25) is 18.6 Å². The Balaban J connectivity index is 1.38. The van der Waals surface area contributed by atoms with E-state index in [-0.39, 0.29) is 37.6 Å². The molecule has 2 atom stereocenters. The van der Waals surface area contributed by atoms with E-state index in [0.29, 0.717) is 43.3 Å². The molecule has 2 amide bonds. The molecule has 5 rings (SSSR count). The lowest BCUT2D eigenvalue weighted by molar-refractivity contribution is -0.162. The molecule has 0 unspecified atom stereocenters. The van der Waals surface area contributed by atoms with Crippen LogP contribution in [0.2, 0.25) is 0 Å². The molecular weight excluding hydrogens is 472 g/mol. The van der Waals surface area contributed by atoms with Crippen LogP contribution in [0.15, 0.2) is 30.0 Å². The molecule has 200 valence electrons. The van der Waals surface area contributed by atoms with Gasteiger partial charge in [0, 0.05) is 24.6 Å². The van der Waals surface area contributed by atoms with Crippen LogP contribution in [0.1, 0.15) is 76.7 Å². The smallest absolute Gasteiger partial charge is 0.318 e. The Bertz CT molecular complexity index is 1060. The quantitative estimate of drug-likeness (QED) is 0.519. The van der Waals surface area contributed by atoms with Gasteiger partial charge in [0.25, 0.3) is 0 Å². The lowest BCUT2D eigenvalue weighted by Crippen LogP contribution is -2.54. The van der Waals surface area contributed by atoms with Gasteiger partial charge in [0.1, 0.15) is 5.41 Å². The number of fused-ring (bicyclic) bond motifs is 2. The number of hydrogen-bond donors (Lipinski definition) is 1. The van der Waals surface area contributed by atoms with Crippen molar-refractivity contribution in [2.24, 2.45) is 17.3 Å². The molecule has 1 saturated carbocycles. The third-order valence-corrected chi connectivity index (χ3v) is 8.32. The monoisotopic (exact) mass is 510 g/mol. The zero-order chi connectivity index (χ0) is 25.8. The standard InChI is InChI=1S/C29H38N2O6/c1-2-35-28(34)29-13-7-6-10-25(29)31(18-21-11-12-23-24(14-21)37-19-36-23)27(33)22(16-29)15-26(32)30-17-20-8-4-3-5-9-20/h10-12,14,20,22H,2-9,13,15-19H2,1H3,(H,30,32)/t22-,29+/m1/s1. The van der Waals surface area contributed by atoms with Gasteiger partial charge in [-0.15, -0.1) is 0 Å². The second kappa shape index (κ2) is 11.2. The van der Waals surface area contributed by atoms with Gasteiger partial charge in [-0.05, 0) is 69.1 Å². The number of carbonyl (C=O) groups is 3. The SMILES string of the molecule is CCOC(=O)[C@]12CCCC=C1N(Cc1ccc3c(c1)OCO3)C(=O)[C@H](CC(=O)NCC1CCCCC1)C2. The van der Waals surface area contributed by atoms with Crippen molar-refractivity contribution >= 4 is 17.8 Å². The lowest BCUT2D eigenvalue weighted by atomic mass is 9.66. The molecule has 8 heteroatoms. The fourth-order valence-corrected chi connectivity index (χ4v) is 6.44. The van der Waals surface area contributed by atoms with Gasteiger partial charge < -0.3 is 24.4 Å². The van der Waals surface area contributed by atoms with Gasteiger partial charge >= 0.3 is 5.97 Å². The van der Waals surface area contributed by atoms with Crippen LogP contribution in [0, 0.1) is 17.3 Å². The summed E-state index contributed by atoms with van der Waals surface area (Å²) < 4.78 is 16.5. The zero-order valence-corrected chi connectivity index (χ0v) is 21.8. The van der Waals surface area contributed by atoms with E-state index in [4.69, 9.17) is 14.2 Å². The van der Waals surface area contributed by atoms with E-state index in [1.54, 1.807) is 11.8 Å². The van der Waals surface area contributed by atoms with E-state index in [9.17, 15) is 14.4 Å². The van der Waals surface area contributed by atoms with E-state index < -0.39 is 11.3 Å². The summed E-state index contributed by atoms with van der Waals surface area (Å²) in [4.78, 5) is 42.0. The molecule has 2 aliphatic carbocycles. The van der Waals surface area contributed by atoms with Crippen LogP contribution in [-0.2, 0) is 25.7 Å². The Hall–Kier alpha value is -3.03. The molecule has 8 nitrogen and oxygen atoms in total. The zero-order valence-electron chi connectivity index (χ0n) is 21.8. The Kier molecular flexibility index (Phi) is 7.72. The molecule has 0 aromatic heterocycles. The summed E-state index contributed by atoms with van der Waals surface area (Å²) >= 11 is 0. The highest BCUT2D eigenvalue weighted by Crippen LogP contribution is 2.50. The maximum absolute atomic E-state index is 13.9. The molecule has 1 saturated heterocycles. The average molecular weight is 511 g/mol. The summed E-state index contributed by atoms with van der Waals surface area (Å²) in [5.41, 5.74) is 0.690. The van der Waals surface area contributed by atoms with Gasteiger partial charge in [-0.1, -0.05) is 31.4 Å². The normalized spacial score (nSPS) is 25.3. The minimum atomic E-state index is -0.910. The summed E-state index contributed by atoms with van der Waals surface area (Å²) in [6, 6.07) is 5.64. The van der Waals surface area contributed by atoms with Crippen LogP contribution in [0.25, 0.3) is 0 Å². The van der Waals surface area contributed by atoms with E-state index in [2.05, 4.69) is 5.32 Å². The molecule has 1 aromatic rings. The van der Waals surface area contributed by atoms with Gasteiger partial charge in [0.15, 0.2) is 11.5 Å². The number of carbonyl (C=O) groups excluding carboxylic acids is 3. The van der Waals surface area contributed by atoms with Crippen LogP contribution in [0.3, 0.4) is 0 Å². The number of benzene rings is 1. The van der Waals surface area contributed by atoms with Crippen molar-refractivity contribution in [1.29, 1.82) is 0 Å². The summed E-state index contributed by atoms with van der Waals surface area (Å²) in [7, 11) is 0. The number of amides is 2. The second-order valence-corrected chi connectivity index (χ2v) is 10.8. The van der Waals surface area contributed by atoms with Crippen molar-refractivity contribution in [3.05, 3.63) is 35.5 Å². The summed E-state index contributed by atoms with van der Waals surface area (Å²) in [6.45, 7) is 3.21. The molecule has 0 spiro atoms. The van der Waals surface area contributed by atoms with Gasteiger partial charge in [0.05, 0.1) is 13.2 Å². The van der Waals surface area contributed by atoms with Crippen molar-refractivity contribution in [2.75, 3.05) is 19.9 Å². The highest BCUT2D eigenvalue weighted by atomic mass is 16.7. The van der Waals surface area contributed by atoms with E-state index in [1.807, 2.05) is 24.3 Å². The van der Waals surface area contributed by atoms with Crippen molar-refractivity contribution in [2.45, 2.75) is 77.7 Å². The number of nitrogens with one attached hydrogen (secondary N) is 1. The van der Waals surface area contributed by atoms with E-state index in [0.717, 1.165) is 36.9 Å². The number of hydrogen-bond acceptors (Lipinski definition) is 6. The summed E-state index contributed by atoms with van der Waals surface area (Å²) in [5.74, 6) is 0.736. The summed E-state index contributed by atoms with van der Waals surface area (Å²) in [6.07, 6.45) is 10.7. The predicted molar refractivity (Wildman–Crippen MR) is 136 cm³/mol. The van der Waals surface area contributed by atoms with Crippen LogP contribution in [-0.4, -0.2) is 42.6 Å². The largest absolute Gasteiger partial charge is 0.465 e. The first kappa shape index (κ1) is 25.6. The Morgan fingerprint density at radius 3 is 2.76 bits per heavy atom. The lowest BCUT2D eigenvalue weighted by Gasteiger charge is -2.48. The minimum absolute atomic E-state index is 0.0810. The molecule has 2 aliphatic heterocycles. The molecule has 1 aromatic carbocycles. The number of ether oxygens (including phenoxy) is 3. The van der Waals surface area contributed by atoms with E-state index >= 15 is 0 Å². The molecular formula is C29H38N2O6. The number of allylic oxidation sites excluding steroid dienone is 1. The number of likely N-dealkylation sites (tertiary alicyclic amines) is 1. The van der Waals surface area contributed by atoms with Crippen molar-refractivity contribution in [1.82, 2.24) is 10.2 Å². The molecule has 2 heterocycles. The Labute approximate surface area is 218 Å². The number of piperidine rings is 1. The predicted octanol–water partition coefficient (Wildman–Crippen LogP) is 4.47. The number of esters is 1. The molecule has 2 fully saturated rings. The van der Waals surface area contributed by atoms with Crippen LogP contribution >= 0.6 is 0 Å². The Morgan fingerprint density at radius 1 is 1.14 bits per heavy atom. The first-order chi connectivity index (χ1) is 18.0. The van der Waals surface area contributed by atoms with Crippen LogP contribution in [0.5, 0.6) is 11.5 Å². The number of nitrogens with zero attached hydrogens (tertiary/aromatic N) is 1. The van der Waals surface area contributed by atoms with Gasteiger partial charge in [-0.25, -0.2) is 0 Å². The third kappa shape index (κ3) is 5.34. The fraction of sp³-hybridized carbons (Fsp3) is 0.621. The van der Waals surface area contributed by atoms with E-state index in [1.165, 1.54) is 19.3 Å². The highest BCUT2D eigenvalue weighted by Gasteiger charge is 2.54. The van der Waals surface area contributed by atoms with Gasteiger partial charge in [-0.2, -0.15) is 0 Å². The second-order valence-electron chi connectivity index (χ2n) is 10.8. The topological polar surface area (TPSA) is 94.2 Å².